The predicted molar refractivity (Wildman–Crippen MR) is 68.4 cm³/mol. The van der Waals surface area contributed by atoms with E-state index >= 15 is 0 Å². The minimum Gasteiger partial charge on any atom is -0.377 e. The van der Waals surface area contributed by atoms with Crippen LogP contribution in [0.4, 0.5) is 0 Å². The van der Waals surface area contributed by atoms with Gasteiger partial charge in [-0.25, -0.2) is 0 Å². The van der Waals surface area contributed by atoms with E-state index in [-0.39, 0.29) is 18.2 Å². The number of benzene rings is 1. The molecule has 0 bridgehead atoms. The molecule has 3 N–H and O–H groups in total. The van der Waals surface area contributed by atoms with Gasteiger partial charge >= 0.3 is 0 Å². The van der Waals surface area contributed by atoms with Crippen LogP contribution in [0.5, 0.6) is 0 Å². The van der Waals surface area contributed by atoms with E-state index in [0.717, 1.165) is 5.56 Å². The molecule has 17 heavy (non-hydrogen) atoms. The highest BCUT2D eigenvalue weighted by atomic mass is 16.5. The van der Waals surface area contributed by atoms with Crippen molar-refractivity contribution in [2.24, 2.45) is 5.84 Å². The van der Waals surface area contributed by atoms with Crippen molar-refractivity contribution in [3.63, 3.8) is 0 Å². The average Bonchev–Trinajstić information content (AvgIpc) is 2.35. The number of nitrogens with two attached hydrogens (primary N) is 1. The lowest BCUT2D eigenvalue weighted by molar-refractivity contribution is 0.000748. The molecule has 0 radical (unpaired) electrons. The van der Waals surface area contributed by atoms with Crippen LogP contribution >= 0.6 is 0 Å². The summed E-state index contributed by atoms with van der Waals surface area (Å²) in [6.45, 7) is 4.51. The Hall–Kier alpha value is -0.940. The van der Waals surface area contributed by atoms with Gasteiger partial charge in [0.2, 0.25) is 0 Å². The molecule has 1 rings (SSSR count). The van der Waals surface area contributed by atoms with Gasteiger partial charge in [-0.3, -0.25) is 11.3 Å². The molecule has 0 aliphatic carbocycles. The summed E-state index contributed by atoms with van der Waals surface area (Å²) < 4.78 is 11.1. The number of hydrazine groups is 1. The zero-order chi connectivity index (χ0) is 12.7. The first-order chi connectivity index (χ1) is 8.19. The van der Waals surface area contributed by atoms with Crippen LogP contribution in [0.3, 0.4) is 0 Å². The molecule has 1 aromatic rings. The van der Waals surface area contributed by atoms with Crippen molar-refractivity contribution >= 4 is 0 Å². The molecular formula is C13H22N2O2. The lowest BCUT2D eigenvalue weighted by Crippen LogP contribution is -2.44. The molecule has 0 aromatic heterocycles. The monoisotopic (exact) mass is 238 g/mol. The molecule has 0 spiro atoms. The fraction of sp³-hybridized carbons (Fsp3) is 0.538. The molecule has 2 atom stereocenters. The van der Waals surface area contributed by atoms with Crippen molar-refractivity contribution < 1.29 is 9.47 Å². The maximum atomic E-state index is 5.58. The van der Waals surface area contributed by atoms with E-state index < -0.39 is 0 Å². The summed E-state index contributed by atoms with van der Waals surface area (Å²) in [5.41, 5.74) is 3.85. The van der Waals surface area contributed by atoms with Gasteiger partial charge in [0.05, 0.1) is 18.8 Å². The molecule has 0 aliphatic heterocycles. The Morgan fingerprint density at radius 2 is 1.88 bits per heavy atom. The van der Waals surface area contributed by atoms with E-state index in [1.807, 2.05) is 44.2 Å². The van der Waals surface area contributed by atoms with Crippen LogP contribution in [0.25, 0.3) is 0 Å². The Labute approximate surface area is 103 Å². The summed E-state index contributed by atoms with van der Waals surface area (Å²) in [6.07, 6.45) is 0.0686. The maximum Gasteiger partial charge on any atom is 0.101 e. The average molecular weight is 238 g/mol. The van der Waals surface area contributed by atoms with Gasteiger partial charge in [-0.1, -0.05) is 30.3 Å². The molecule has 0 saturated heterocycles. The standard InChI is InChI=1S/C13H22N2O2/c1-10(2)17-9-12(15-14)13(16-3)11-7-5-4-6-8-11/h4-8,10,12-13,15H,9,14H2,1-3H3. The summed E-state index contributed by atoms with van der Waals surface area (Å²) in [5.74, 6) is 5.56. The largest absolute Gasteiger partial charge is 0.377 e. The molecule has 0 heterocycles. The fourth-order valence-electron chi connectivity index (χ4n) is 1.69. The van der Waals surface area contributed by atoms with Crippen molar-refractivity contribution in [3.8, 4) is 0 Å². The first kappa shape index (κ1) is 14.1. The Morgan fingerprint density at radius 3 is 2.35 bits per heavy atom. The minimum absolute atomic E-state index is 0.0650. The van der Waals surface area contributed by atoms with Crippen LogP contribution < -0.4 is 11.3 Å². The zero-order valence-corrected chi connectivity index (χ0v) is 10.7. The summed E-state index contributed by atoms with van der Waals surface area (Å²) in [5, 5.41) is 0. The second-order valence-electron chi connectivity index (χ2n) is 4.22. The van der Waals surface area contributed by atoms with Crippen molar-refractivity contribution in [2.45, 2.75) is 32.1 Å². The molecule has 0 saturated carbocycles. The van der Waals surface area contributed by atoms with Gasteiger partial charge in [-0.05, 0) is 19.4 Å². The molecule has 4 nitrogen and oxygen atoms in total. The Morgan fingerprint density at radius 1 is 1.24 bits per heavy atom. The number of hydrogen-bond donors (Lipinski definition) is 2. The highest BCUT2D eigenvalue weighted by Crippen LogP contribution is 2.20. The van der Waals surface area contributed by atoms with Gasteiger partial charge in [0, 0.05) is 7.11 Å². The van der Waals surface area contributed by atoms with E-state index in [1.54, 1.807) is 7.11 Å². The van der Waals surface area contributed by atoms with Gasteiger partial charge in [-0.2, -0.15) is 0 Å². The number of rotatable bonds is 7. The van der Waals surface area contributed by atoms with Crippen molar-refractivity contribution in [3.05, 3.63) is 35.9 Å². The first-order valence-electron chi connectivity index (χ1n) is 5.84. The molecule has 2 unspecified atom stereocenters. The summed E-state index contributed by atoms with van der Waals surface area (Å²) >= 11 is 0. The molecule has 0 aliphatic rings. The molecule has 4 heteroatoms. The SMILES string of the molecule is COC(c1ccccc1)C(COC(C)C)NN. The molecular weight excluding hydrogens is 216 g/mol. The summed E-state index contributed by atoms with van der Waals surface area (Å²) in [7, 11) is 1.68. The number of methoxy groups -OCH3 is 1. The summed E-state index contributed by atoms with van der Waals surface area (Å²) in [4.78, 5) is 0. The zero-order valence-electron chi connectivity index (χ0n) is 10.7. The lowest BCUT2D eigenvalue weighted by Gasteiger charge is -2.26. The highest BCUT2D eigenvalue weighted by molar-refractivity contribution is 5.19. The van der Waals surface area contributed by atoms with Crippen LogP contribution in [-0.2, 0) is 9.47 Å². The number of nitrogens with one attached hydrogen (secondary N) is 1. The van der Waals surface area contributed by atoms with Crippen molar-refractivity contribution in [1.82, 2.24) is 5.43 Å². The predicted octanol–water partition coefficient (Wildman–Crippen LogP) is 1.63. The lowest BCUT2D eigenvalue weighted by atomic mass is 10.0. The van der Waals surface area contributed by atoms with Gasteiger partial charge in [0.1, 0.15) is 6.10 Å². The molecule has 0 amide bonds. The topological polar surface area (TPSA) is 56.5 Å². The van der Waals surface area contributed by atoms with Gasteiger partial charge in [0.15, 0.2) is 0 Å². The van der Waals surface area contributed by atoms with Crippen molar-refractivity contribution in [1.29, 1.82) is 0 Å². The van der Waals surface area contributed by atoms with E-state index in [2.05, 4.69) is 5.43 Å². The second kappa shape index (κ2) is 7.40. The van der Waals surface area contributed by atoms with Gasteiger partial charge in [-0.15, -0.1) is 0 Å². The van der Waals surface area contributed by atoms with Crippen LogP contribution in [-0.4, -0.2) is 25.9 Å². The normalized spacial score (nSPS) is 14.9. The van der Waals surface area contributed by atoms with Gasteiger partial charge < -0.3 is 9.47 Å². The van der Waals surface area contributed by atoms with Crippen LogP contribution in [0.1, 0.15) is 25.5 Å². The molecule has 1 aromatic carbocycles. The first-order valence-corrected chi connectivity index (χ1v) is 5.84. The van der Waals surface area contributed by atoms with E-state index in [1.165, 1.54) is 0 Å². The number of ether oxygens (including phenoxy) is 2. The van der Waals surface area contributed by atoms with Crippen LogP contribution in [0.2, 0.25) is 0 Å². The minimum atomic E-state index is -0.111. The van der Waals surface area contributed by atoms with Gasteiger partial charge in [0.25, 0.3) is 0 Å². The van der Waals surface area contributed by atoms with Crippen LogP contribution in [0, 0.1) is 0 Å². The van der Waals surface area contributed by atoms with Crippen molar-refractivity contribution in [2.75, 3.05) is 13.7 Å². The third-order valence-corrected chi connectivity index (χ3v) is 2.57. The van der Waals surface area contributed by atoms with E-state index in [0.29, 0.717) is 6.61 Å². The maximum absolute atomic E-state index is 5.58. The smallest absolute Gasteiger partial charge is 0.101 e. The fourth-order valence-corrected chi connectivity index (χ4v) is 1.69. The Balaban J connectivity index is 2.70. The molecule has 96 valence electrons. The highest BCUT2D eigenvalue weighted by Gasteiger charge is 2.22. The second-order valence-corrected chi connectivity index (χ2v) is 4.22. The van der Waals surface area contributed by atoms with E-state index in [9.17, 15) is 0 Å². The molecule has 0 fully saturated rings. The van der Waals surface area contributed by atoms with E-state index in [4.69, 9.17) is 15.3 Å². The number of hydrogen-bond acceptors (Lipinski definition) is 4. The summed E-state index contributed by atoms with van der Waals surface area (Å²) in [6, 6.07) is 9.93. The Kier molecular flexibility index (Phi) is 6.15. The van der Waals surface area contributed by atoms with Crippen LogP contribution in [0.15, 0.2) is 30.3 Å². The third-order valence-electron chi connectivity index (χ3n) is 2.57. The quantitative estimate of drug-likeness (QED) is 0.560. The third kappa shape index (κ3) is 4.44. The Bertz CT molecular complexity index is 304.